The van der Waals surface area contributed by atoms with Gasteiger partial charge in [-0.3, -0.25) is 4.90 Å². The van der Waals surface area contributed by atoms with E-state index in [2.05, 4.69) is 20.9 Å². The van der Waals surface area contributed by atoms with Crippen molar-refractivity contribution in [2.24, 2.45) is 17.6 Å². The van der Waals surface area contributed by atoms with Crippen LogP contribution in [0.15, 0.2) is 47.0 Å². The van der Waals surface area contributed by atoms with E-state index < -0.39 is 6.09 Å². The lowest BCUT2D eigenvalue weighted by Crippen LogP contribution is -2.32. The lowest BCUT2D eigenvalue weighted by atomic mass is 10.0. The van der Waals surface area contributed by atoms with Crippen molar-refractivity contribution in [3.05, 3.63) is 48.4 Å². The number of nitrogens with two attached hydrogens (primary N) is 1. The van der Waals surface area contributed by atoms with Crippen LogP contribution in [0.25, 0.3) is 21.3 Å². The van der Waals surface area contributed by atoms with E-state index in [1.165, 1.54) is 11.3 Å². The van der Waals surface area contributed by atoms with Crippen molar-refractivity contribution in [2.75, 3.05) is 26.2 Å². The van der Waals surface area contributed by atoms with Crippen molar-refractivity contribution in [1.82, 2.24) is 19.9 Å². The maximum Gasteiger partial charge on any atom is 0.423 e. The zero-order chi connectivity index (χ0) is 21.7. The summed E-state index contributed by atoms with van der Waals surface area (Å²) in [5, 5.41) is 3.28. The number of hydrogen-bond acceptors (Lipinski definition) is 9. The van der Waals surface area contributed by atoms with E-state index in [4.69, 9.17) is 19.7 Å². The summed E-state index contributed by atoms with van der Waals surface area (Å²) in [5.41, 5.74) is 6.60. The second-order valence-corrected chi connectivity index (χ2v) is 9.28. The predicted molar refractivity (Wildman–Crippen MR) is 118 cm³/mol. The van der Waals surface area contributed by atoms with Crippen molar-refractivity contribution in [3.8, 4) is 10.9 Å². The van der Waals surface area contributed by atoms with Gasteiger partial charge in [0.25, 0.3) is 5.19 Å². The van der Waals surface area contributed by atoms with E-state index in [1.807, 2.05) is 30.3 Å². The Morgan fingerprint density at radius 1 is 1.19 bits per heavy atom. The highest BCUT2D eigenvalue weighted by molar-refractivity contribution is 7.20. The topological polar surface area (TPSA) is 107 Å². The van der Waals surface area contributed by atoms with Gasteiger partial charge in [0.2, 0.25) is 0 Å². The molecule has 1 amide bonds. The van der Waals surface area contributed by atoms with Crippen LogP contribution in [0, 0.1) is 11.8 Å². The number of hydrogen-bond donors (Lipinski definition) is 1. The molecule has 1 aromatic carbocycles. The zero-order valence-corrected chi connectivity index (χ0v) is 18.0. The number of amides is 1. The fraction of sp³-hybridized carbons (Fsp3) is 0.318. The van der Waals surface area contributed by atoms with Gasteiger partial charge < -0.3 is 19.7 Å². The number of hydroxylamine groups is 2. The van der Waals surface area contributed by atoms with Crippen molar-refractivity contribution in [3.63, 3.8) is 0 Å². The normalized spacial score (nSPS) is 21.4. The van der Waals surface area contributed by atoms with Gasteiger partial charge in [-0.25, -0.2) is 9.78 Å². The van der Waals surface area contributed by atoms with Gasteiger partial charge in [-0.05, 0) is 42.2 Å². The summed E-state index contributed by atoms with van der Waals surface area (Å²) in [7, 11) is 0. The number of likely N-dealkylation sites (tertiary alicyclic amines) is 1. The Bertz CT molecular complexity index is 1260. The highest BCUT2D eigenvalue weighted by Crippen LogP contribution is 2.34. The highest BCUT2D eigenvalue weighted by atomic mass is 32.1. The molecule has 2 N–H and O–H groups in total. The number of primary amides is 1. The smallest absolute Gasteiger partial charge is 0.423 e. The zero-order valence-electron chi connectivity index (χ0n) is 17.1. The summed E-state index contributed by atoms with van der Waals surface area (Å²) in [6.07, 6.45) is 0.980. The van der Waals surface area contributed by atoms with Crippen molar-refractivity contribution < 1.29 is 18.8 Å². The molecule has 0 saturated carbocycles. The van der Waals surface area contributed by atoms with Gasteiger partial charge in [0, 0.05) is 43.8 Å². The van der Waals surface area contributed by atoms with Crippen LogP contribution in [0.3, 0.4) is 0 Å². The molecule has 164 valence electrons. The monoisotopic (exact) mass is 451 g/mol. The Morgan fingerprint density at radius 2 is 2.03 bits per heavy atom. The molecule has 2 unspecified atom stereocenters. The van der Waals surface area contributed by atoms with Crippen LogP contribution in [0.1, 0.15) is 5.76 Å². The number of furan rings is 1. The van der Waals surface area contributed by atoms with Crippen molar-refractivity contribution in [2.45, 2.75) is 6.54 Å². The number of rotatable bonds is 5. The number of fused-ring (bicyclic) bond motifs is 3. The van der Waals surface area contributed by atoms with Crippen molar-refractivity contribution >= 4 is 38.7 Å². The van der Waals surface area contributed by atoms with Gasteiger partial charge in [0.15, 0.2) is 5.65 Å². The van der Waals surface area contributed by atoms with Gasteiger partial charge in [-0.15, -0.1) is 5.06 Å². The number of aromatic nitrogens is 2. The van der Waals surface area contributed by atoms with E-state index >= 15 is 0 Å². The van der Waals surface area contributed by atoms with Gasteiger partial charge in [0.05, 0.1) is 11.2 Å². The molecule has 32 heavy (non-hydrogen) atoms. The molecule has 0 aliphatic carbocycles. The molecule has 0 spiro atoms. The van der Waals surface area contributed by atoms with Crippen LogP contribution in [-0.4, -0.2) is 52.2 Å². The standard InChI is InChI=1S/C22H21N5O4S/c23-21(28)31-27-10-14-8-26(9-15(14)11-27)12-17-6-13-3-4-16(7-18(13)29-17)30-22-25-20-19(32-22)2-1-5-24-20/h1-7,14-15H,8-12H2,(H2,23,28). The summed E-state index contributed by atoms with van der Waals surface area (Å²) in [6, 6.07) is 11.8. The maximum absolute atomic E-state index is 11.0. The van der Waals surface area contributed by atoms with E-state index in [0.717, 1.165) is 54.2 Å². The molecular formula is C22H21N5O4S. The van der Waals surface area contributed by atoms with Crippen LogP contribution in [0.4, 0.5) is 4.79 Å². The first-order valence-corrected chi connectivity index (χ1v) is 11.3. The molecule has 5 heterocycles. The molecule has 9 nitrogen and oxygen atoms in total. The predicted octanol–water partition coefficient (Wildman–Crippen LogP) is 3.60. The minimum absolute atomic E-state index is 0.474. The third-order valence-corrected chi connectivity index (χ3v) is 6.91. The largest absolute Gasteiger partial charge is 0.460 e. The van der Waals surface area contributed by atoms with Gasteiger partial charge in [-0.2, -0.15) is 4.98 Å². The molecule has 10 heteroatoms. The molecule has 2 aliphatic heterocycles. The number of carbonyl (C=O) groups is 1. The lowest BCUT2D eigenvalue weighted by molar-refractivity contribution is -0.0840. The second-order valence-electron chi connectivity index (χ2n) is 8.29. The van der Waals surface area contributed by atoms with Gasteiger partial charge >= 0.3 is 6.09 Å². The Balaban J connectivity index is 1.12. The Labute approximate surface area is 187 Å². The molecule has 4 aromatic rings. The number of carbonyl (C=O) groups excluding carboxylic acids is 1. The number of pyridine rings is 1. The summed E-state index contributed by atoms with van der Waals surface area (Å²) in [4.78, 5) is 27.0. The Hall–Kier alpha value is -3.21. The van der Waals surface area contributed by atoms with E-state index in [-0.39, 0.29) is 0 Å². The third kappa shape index (κ3) is 3.77. The van der Waals surface area contributed by atoms with E-state index in [9.17, 15) is 4.79 Å². The quantitative estimate of drug-likeness (QED) is 0.490. The van der Waals surface area contributed by atoms with Crippen LogP contribution in [0.2, 0.25) is 0 Å². The first kappa shape index (κ1) is 19.5. The van der Waals surface area contributed by atoms with Crippen LogP contribution in [-0.2, 0) is 11.4 Å². The second kappa shape index (κ2) is 7.73. The number of thiazole rings is 1. The summed E-state index contributed by atoms with van der Waals surface area (Å²) in [5.74, 6) is 2.55. The van der Waals surface area contributed by atoms with Crippen LogP contribution < -0.4 is 10.5 Å². The fourth-order valence-corrected chi connectivity index (χ4v) is 5.49. The summed E-state index contributed by atoms with van der Waals surface area (Å²) >= 11 is 1.46. The Kier molecular flexibility index (Phi) is 4.71. The van der Waals surface area contributed by atoms with Crippen molar-refractivity contribution in [1.29, 1.82) is 0 Å². The molecule has 0 radical (unpaired) electrons. The third-order valence-electron chi connectivity index (χ3n) is 6.02. The van der Waals surface area contributed by atoms with Crippen LogP contribution >= 0.6 is 11.3 Å². The van der Waals surface area contributed by atoms with Gasteiger partial charge in [-0.1, -0.05) is 11.3 Å². The first-order chi connectivity index (χ1) is 15.6. The molecule has 6 rings (SSSR count). The fourth-order valence-electron chi connectivity index (χ4n) is 4.70. The molecule has 2 fully saturated rings. The van der Waals surface area contributed by atoms with Gasteiger partial charge in [0.1, 0.15) is 17.1 Å². The van der Waals surface area contributed by atoms with E-state index in [1.54, 1.807) is 11.3 Å². The Morgan fingerprint density at radius 3 is 2.81 bits per heavy atom. The lowest BCUT2D eigenvalue weighted by Gasteiger charge is -2.19. The summed E-state index contributed by atoms with van der Waals surface area (Å²) < 4.78 is 13.1. The average Bonchev–Trinajstić information content (AvgIpc) is 3.48. The molecular weight excluding hydrogens is 430 g/mol. The summed E-state index contributed by atoms with van der Waals surface area (Å²) in [6.45, 7) is 4.09. The first-order valence-electron chi connectivity index (χ1n) is 10.5. The highest BCUT2D eigenvalue weighted by Gasteiger charge is 2.41. The number of benzene rings is 1. The molecule has 3 aromatic heterocycles. The molecule has 2 atom stereocenters. The number of ether oxygens (including phenoxy) is 1. The van der Waals surface area contributed by atoms with E-state index in [0.29, 0.717) is 28.4 Å². The number of nitrogens with zero attached hydrogens (tertiary/aromatic N) is 4. The molecule has 0 bridgehead atoms. The average molecular weight is 452 g/mol. The maximum atomic E-state index is 11.0. The molecule has 2 saturated heterocycles. The van der Waals surface area contributed by atoms with Crippen LogP contribution in [0.5, 0.6) is 10.9 Å². The minimum Gasteiger partial charge on any atom is -0.460 e. The SMILES string of the molecule is NC(=O)ON1CC2CN(Cc3cc4ccc(Oc5nc6ncccc6s5)cc4o3)CC2C1. The molecule has 2 aliphatic rings. The minimum atomic E-state index is -0.743.